The molecule has 0 aliphatic heterocycles. The zero-order valence-corrected chi connectivity index (χ0v) is 15.6. The van der Waals surface area contributed by atoms with Crippen molar-refractivity contribution < 1.29 is 4.79 Å². The van der Waals surface area contributed by atoms with Gasteiger partial charge in [-0.25, -0.2) is 9.97 Å². The van der Waals surface area contributed by atoms with E-state index in [9.17, 15) is 4.79 Å². The van der Waals surface area contributed by atoms with Crippen molar-refractivity contribution in [1.82, 2.24) is 15.3 Å². The molecule has 1 aromatic carbocycles. The Morgan fingerprint density at radius 2 is 1.74 bits per heavy atom. The third-order valence-electron chi connectivity index (χ3n) is 5.02. The number of anilines is 1. The number of benzene rings is 1. The lowest BCUT2D eigenvalue weighted by Gasteiger charge is -2.30. The van der Waals surface area contributed by atoms with Crippen LogP contribution in [0.5, 0.6) is 0 Å². The molecule has 2 N–H and O–H groups in total. The number of hydrogen-bond acceptors (Lipinski definition) is 4. The Morgan fingerprint density at radius 1 is 0.963 bits per heavy atom. The van der Waals surface area contributed by atoms with E-state index in [1.807, 2.05) is 24.3 Å². The number of halogens is 1. The standard InChI is InChI=1S/C21H21ClN4O/c22-20-17(5-3-13-23-20)21(27)25-16-10-8-15(9-11-16)24-19-12-7-14-4-1-2-6-18(14)26-19/h1-7,12-13,15-16H,8-11H2,(H,24,26)(H,25,27). The number of para-hydroxylation sites is 1. The van der Waals surface area contributed by atoms with Gasteiger partial charge in [0.15, 0.2) is 0 Å². The second-order valence-electron chi connectivity index (χ2n) is 6.90. The molecule has 4 rings (SSSR count). The van der Waals surface area contributed by atoms with Gasteiger partial charge in [0.25, 0.3) is 5.91 Å². The lowest BCUT2D eigenvalue weighted by molar-refractivity contribution is 0.0926. The number of carbonyl (C=O) groups is 1. The zero-order chi connectivity index (χ0) is 18.6. The fourth-order valence-corrected chi connectivity index (χ4v) is 3.76. The molecule has 2 heterocycles. The first-order valence-corrected chi connectivity index (χ1v) is 9.60. The molecule has 1 fully saturated rings. The quantitative estimate of drug-likeness (QED) is 0.657. The van der Waals surface area contributed by atoms with Gasteiger partial charge in [0.1, 0.15) is 11.0 Å². The fourth-order valence-electron chi connectivity index (χ4n) is 3.56. The molecule has 3 aromatic rings. The van der Waals surface area contributed by atoms with Crippen LogP contribution in [0, 0.1) is 0 Å². The zero-order valence-electron chi connectivity index (χ0n) is 14.9. The lowest BCUT2D eigenvalue weighted by Crippen LogP contribution is -2.40. The highest BCUT2D eigenvalue weighted by molar-refractivity contribution is 6.32. The largest absolute Gasteiger partial charge is 0.367 e. The van der Waals surface area contributed by atoms with E-state index in [1.54, 1.807) is 18.3 Å². The molecule has 1 aliphatic carbocycles. The minimum atomic E-state index is -0.152. The first-order valence-electron chi connectivity index (χ1n) is 9.23. The van der Waals surface area contributed by atoms with E-state index in [4.69, 9.17) is 11.6 Å². The Morgan fingerprint density at radius 3 is 2.56 bits per heavy atom. The van der Waals surface area contributed by atoms with Gasteiger partial charge in [0.2, 0.25) is 0 Å². The highest BCUT2D eigenvalue weighted by Gasteiger charge is 2.23. The number of rotatable bonds is 4. The van der Waals surface area contributed by atoms with Gasteiger partial charge >= 0.3 is 0 Å². The van der Waals surface area contributed by atoms with Crippen LogP contribution in [0.4, 0.5) is 5.82 Å². The van der Waals surface area contributed by atoms with Crippen molar-refractivity contribution in [1.29, 1.82) is 0 Å². The summed E-state index contributed by atoms with van der Waals surface area (Å²) in [7, 11) is 0. The first-order chi connectivity index (χ1) is 13.2. The van der Waals surface area contributed by atoms with Crippen molar-refractivity contribution in [2.75, 3.05) is 5.32 Å². The molecule has 1 amide bonds. The van der Waals surface area contributed by atoms with E-state index in [2.05, 4.69) is 32.7 Å². The summed E-state index contributed by atoms with van der Waals surface area (Å²) >= 11 is 6.00. The maximum absolute atomic E-state index is 12.4. The smallest absolute Gasteiger partial charge is 0.254 e. The van der Waals surface area contributed by atoms with Gasteiger partial charge in [-0.1, -0.05) is 29.8 Å². The Hall–Kier alpha value is -2.66. The maximum Gasteiger partial charge on any atom is 0.254 e. The van der Waals surface area contributed by atoms with E-state index in [-0.39, 0.29) is 17.1 Å². The molecule has 138 valence electrons. The van der Waals surface area contributed by atoms with E-state index < -0.39 is 0 Å². The molecule has 0 unspecified atom stereocenters. The third-order valence-corrected chi connectivity index (χ3v) is 5.32. The topological polar surface area (TPSA) is 66.9 Å². The number of aromatic nitrogens is 2. The molecule has 6 heteroatoms. The Bertz CT molecular complexity index is 954. The van der Waals surface area contributed by atoms with Crippen LogP contribution in [-0.4, -0.2) is 28.0 Å². The summed E-state index contributed by atoms with van der Waals surface area (Å²) in [4.78, 5) is 21.0. The molecule has 1 aliphatic rings. The summed E-state index contributed by atoms with van der Waals surface area (Å²) < 4.78 is 0. The summed E-state index contributed by atoms with van der Waals surface area (Å²) in [6.07, 6.45) is 5.40. The monoisotopic (exact) mass is 380 g/mol. The number of pyridine rings is 2. The number of amides is 1. The van der Waals surface area contributed by atoms with Crippen molar-refractivity contribution in [3.05, 3.63) is 65.4 Å². The number of hydrogen-bond donors (Lipinski definition) is 2. The molecule has 2 aromatic heterocycles. The van der Waals surface area contributed by atoms with E-state index >= 15 is 0 Å². The molecule has 1 saturated carbocycles. The van der Waals surface area contributed by atoms with E-state index in [0.29, 0.717) is 11.6 Å². The summed E-state index contributed by atoms with van der Waals surface area (Å²) in [6.45, 7) is 0. The molecule has 5 nitrogen and oxygen atoms in total. The molecule has 27 heavy (non-hydrogen) atoms. The van der Waals surface area contributed by atoms with Crippen LogP contribution in [0.25, 0.3) is 10.9 Å². The number of carbonyl (C=O) groups excluding carboxylic acids is 1. The predicted octanol–water partition coefficient (Wildman–Crippen LogP) is 4.44. The normalized spacial score (nSPS) is 19.6. The number of nitrogens with zero attached hydrogens (tertiary/aromatic N) is 2. The summed E-state index contributed by atoms with van der Waals surface area (Å²) in [6, 6.07) is 16.2. The number of nitrogens with one attached hydrogen (secondary N) is 2. The van der Waals surface area contributed by atoms with Crippen LogP contribution >= 0.6 is 11.6 Å². The molecule has 0 radical (unpaired) electrons. The molecule has 0 bridgehead atoms. The molecule has 0 saturated heterocycles. The van der Waals surface area contributed by atoms with Crippen LogP contribution < -0.4 is 10.6 Å². The minimum Gasteiger partial charge on any atom is -0.367 e. The highest BCUT2D eigenvalue weighted by atomic mass is 35.5. The third kappa shape index (κ3) is 4.19. The minimum absolute atomic E-state index is 0.152. The van der Waals surface area contributed by atoms with Crippen LogP contribution in [0.1, 0.15) is 36.0 Å². The van der Waals surface area contributed by atoms with Gasteiger partial charge in [-0.05, 0) is 56.0 Å². The summed E-state index contributed by atoms with van der Waals surface area (Å²) in [5.74, 6) is 0.754. The second-order valence-corrected chi connectivity index (χ2v) is 7.26. The summed E-state index contributed by atoms with van der Waals surface area (Å²) in [5, 5.41) is 8.00. The van der Waals surface area contributed by atoms with Crippen molar-refractivity contribution in [3.63, 3.8) is 0 Å². The lowest BCUT2D eigenvalue weighted by atomic mass is 9.91. The van der Waals surface area contributed by atoms with Crippen molar-refractivity contribution >= 4 is 34.2 Å². The highest BCUT2D eigenvalue weighted by Crippen LogP contribution is 2.23. The van der Waals surface area contributed by atoms with Gasteiger partial charge in [0.05, 0.1) is 11.1 Å². The molecule has 0 spiro atoms. The van der Waals surface area contributed by atoms with Gasteiger partial charge in [-0.2, -0.15) is 0 Å². The van der Waals surface area contributed by atoms with E-state index in [0.717, 1.165) is 42.4 Å². The first kappa shape index (κ1) is 17.7. The second kappa shape index (κ2) is 7.92. The average molecular weight is 381 g/mol. The molecule has 0 atom stereocenters. The van der Waals surface area contributed by atoms with Crippen LogP contribution in [0.2, 0.25) is 5.15 Å². The van der Waals surface area contributed by atoms with Gasteiger partial charge < -0.3 is 10.6 Å². The SMILES string of the molecule is O=C(NC1CCC(Nc2ccc3ccccc3n2)CC1)c1cccnc1Cl. The van der Waals surface area contributed by atoms with Gasteiger partial charge in [0, 0.05) is 23.7 Å². The van der Waals surface area contributed by atoms with Crippen molar-refractivity contribution in [3.8, 4) is 0 Å². The Labute approximate surface area is 163 Å². The van der Waals surface area contributed by atoms with E-state index in [1.165, 1.54) is 0 Å². The Kier molecular flexibility index (Phi) is 5.21. The fraction of sp³-hybridized carbons (Fsp3) is 0.286. The van der Waals surface area contributed by atoms with Crippen LogP contribution in [0.15, 0.2) is 54.7 Å². The van der Waals surface area contributed by atoms with Crippen LogP contribution in [-0.2, 0) is 0 Å². The predicted molar refractivity (Wildman–Crippen MR) is 108 cm³/mol. The Balaban J connectivity index is 1.32. The molecular formula is C21H21ClN4O. The number of fused-ring (bicyclic) bond motifs is 1. The van der Waals surface area contributed by atoms with Gasteiger partial charge in [-0.15, -0.1) is 0 Å². The average Bonchev–Trinajstić information content (AvgIpc) is 2.70. The summed E-state index contributed by atoms with van der Waals surface area (Å²) in [5.41, 5.74) is 1.43. The van der Waals surface area contributed by atoms with Crippen LogP contribution in [0.3, 0.4) is 0 Å². The molecular weight excluding hydrogens is 360 g/mol. The maximum atomic E-state index is 12.4. The van der Waals surface area contributed by atoms with Crippen molar-refractivity contribution in [2.45, 2.75) is 37.8 Å². The van der Waals surface area contributed by atoms with Crippen molar-refractivity contribution in [2.24, 2.45) is 0 Å². The van der Waals surface area contributed by atoms with Gasteiger partial charge in [-0.3, -0.25) is 4.79 Å².